The summed E-state index contributed by atoms with van der Waals surface area (Å²) in [5.74, 6) is 2.66. The number of halogens is 1. The molecule has 0 saturated carbocycles. The van der Waals surface area contributed by atoms with Crippen LogP contribution < -0.4 is 14.8 Å². The maximum Gasteiger partial charge on any atom is 0.261 e. The normalized spacial score (nSPS) is 14.8. The fourth-order valence-electron chi connectivity index (χ4n) is 3.26. The molecule has 0 atom stereocenters. The molecule has 146 valence electrons. The predicted octanol–water partition coefficient (Wildman–Crippen LogP) is 4.23. The number of hydrogen-bond acceptors (Lipinski definition) is 6. The van der Waals surface area contributed by atoms with Crippen LogP contribution in [0.5, 0.6) is 11.5 Å². The van der Waals surface area contributed by atoms with E-state index in [2.05, 4.69) is 31.4 Å². The first-order valence-corrected chi connectivity index (χ1v) is 10.1. The summed E-state index contributed by atoms with van der Waals surface area (Å²) in [7, 11) is 1.66. The molecule has 0 bridgehead atoms. The van der Waals surface area contributed by atoms with Gasteiger partial charge in [-0.15, -0.1) is 0 Å². The van der Waals surface area contributed by atoms with Gasteiger partial charge in [-0.3, -0.25) is 0 Å². The summed E-state index contributed by atoms with van der Waals surface area (Å²) in [6.45, 7) is 1.94. The Kier molecular flexibility index (Phi) is 5.92. The highest BCUT2D eigenvalue weighted by atomic mass is 79.9. The molecule has 28 heavy (non-hydrogen) atoms. The Morgan fingerprint density at radius 1 is 1.18 bits per heavy atom. The van der Waals surface area contributed by atoms with E-state index < -0.39 is 0 Å². The Bertz CT molecular complexity index is 938. The lowest BCUT2D eigenvalue weighted by molar-refractivity contribution is 0.163. The van der Waals surface area contributed by atoms with Gasteiger partial charge in [0.2, 0.25) is 0 Å². The summed E-state index contributed by atoms with van der Waals surface area (Å²) in [6, 6.07) is 13.7. The first-order valence-electron chi connectivity index (χ1n) is 9.34. The summed E-state index contributed by atoms with van der Waals surface area (Å²) < 4.78 is 18.0. The summed E-state index contributed by atoms with van der Waals surface area (Å²) in [5, 5.41) is 7.50. The third kappa shape index (κ3) is 4.54. The first kappa shape index (κ1) is 19.0. The van der Waals surface area contributed by atoms with E-state index in [9.17, 15) is 0 Å². The minimum atomic E-state index is 0.188. The van der Waals surface area contributed by atoms with Crippen molar-refractivity contribution in [3.63, 3.8) is 0 Å². The zero-order valence-electron chi connectivity index (χ0n) is 15.7. The van der Waals surface area contributed by atoms with Gasteiger partial charge >= 0.3 is 0 Å². The molecule has 0 amide bonds. The third-order valence-electron chi connectivity index (χ3n) is 4.72. The van der Waals surface area contributed by atoms with E-state index in [0.29, 0.717) is 18.1 Å². The highest BCUT2D eigenvalue weighted by molar-refractivity contribution is 9.10. The van der Waals surface area contributed by atoms with Gasteiger partial charge in [0, 0.05) is 10.9 Å². The van der Waals surface area contributed by atoms with Gasteiger partial charge in [0.1, 0.15) is 17.6 Å². The van der Waals surface area contributed by atoms with E-state index in [4.69, 9.17) is 14.0 Å². The molecule has 6 nitrogen and oxygen atoms in total. The molecular weight excluding hydrogens is 422 g/mol. The maximum absolute atomic E-state index is 6.27. The number of aromatic nitrogens is 2. The molecule has 2 aromatic carbocycles. The molecule has 0 unspecified atom stereocenters. The highest BCUT2D eigenvalue weighted by Gasteiger charge is 2.20. The third-order valence-corrected chi connectivity index (χ3v) is 5.21. The van der Waals surface area contributed by atoms with Crippen LogP contribution in [0.2, 0.25) is 0 Å². The van der Waals surface area contributed by atoms with Gasteiger partial charge in [-0.25, -0.2) is 0 Å². The van der Waals surface area contributed by atoms with Gasteiger partial charge in [0.15, 0.2) is 5.82 Å². The molecule has 1 aliphatic heterocycles. The molecule has 3 aromatic rings. The second-order valence-electron chi connectivity index (χ2n) is 6.75. The van der Waals surface area contributed by atoms with Crippen LogP contribution in [0.3, 0.4) is 0 Å². The minimum absolute atomic E-state index is 0.188. The molecule has 2 heterocycles. The van der Waals surface area contributed by atoms with Crippen molar-refractivity contribution in [2.75, 3.05) is 20.2 Å². The number of methoxy groups -OCH3 is 1. The van der Waals surface area contributed by atoms with Crippen molar-refractivity contribution in [3.8, 4) is 23.0 Å². The molecule has 0 aliphatic carbocycles. The van der Waals surface area contributed by atoms with Crippen LogP contribution in [-0.2, 0) is 6.42 Å². The fraction of sp³-hybridized carbons (Fsp3) is 0.333. The number of benzene rings is 2. The van der Waals surface area contributed by atoms with Crippen LogP contribution in [0.25, 0.3) is 11.5 Å². The molecule has 1 N–H and O–H groups in total. The Labute approximate surface area is 172 Å². The van der Waals surface area contributed by atoms with Crippen molar-refractivity contribution in [1.82, 2.24) is 15.5 Å². The van der Waals surface area contributed by atoms with Crippen LogP contribution in [0.1, 0.15) is 24.2 Å². The topological polar surface area (TPSA) is 69.4 Å². The number of hydrogen-bond donors (Lipinski definition) is 1. The monoisotopic (exact) mass is 443 g/mol. The Morgan fingerprint density at radius 2 is 2.04 bits per heavy atom. The van der Waals surface area contributed by atoms with Crippen LogP contribution in [0, 0.1) is 0 Å². The standard InChI is InChI=1S/C21H22BrN3O3/c1-26-17-4-2-3-14(11-17)12-20-24-21(28-25-20)18-6-5-15(22)13-19(18)27-16-7-9-23-10-8-16/h2-6,11,13,16,23H,7-10,12H2,1H3. The van der Waals surface area contributed by atoms with E-state index in [0.717, 1.165) is 53.0 Å². The number of nitrogens with one attached hydrogen (secondary N) is 1. The van der Waals surface area contributed by atoms with E-state index in [1.807, 2.05) is 42.5 Å². The largest absolute Gasteiger partial charge is 0.497 e. The predicted molar refractivity (Wildman–Crippen MR) is 110 cm³/mol. The Hall–Kier alpha value is -2.38. The lowest BCUT2D eigenvalue weighted by atomic mass is 10.1. The van der Waals surface area contributed by atoms with Crippen LogP contribution in [-0.4, -0.2) is 36.4 Å². The summed E-state index contributed by atoms with van der Waals surface area (Å²) in [5.41, 5.74) is 1.87. The number of ether oxygens (including phenoxy) is 2. The van der Waals surface area contributed by atoms with E-state index in [1.165, 1.54) is 0 Å². The van der Waals surface area contributed by atoms with E-state index in [-0.39, 0.29) is 6.10 Å². The quantitative estimate of drug-likeness (QED) is 0.614. The molecule has 1 fully saturated rings. The zero-order chi connectivity index (χ0) is 19.3. The van der Waals surface area contributed by atoms with Gasteiger partial charge in [-0.1, -0.05) is 33.2 Å². The average molecular weight is 444 g/mol. The molecular formula is C21H22BrN3O3. The second-order valence-corrected chi connectivity index (χ2v) is 7.67. The van der Waals surface area contributed by atoms with Crippen molar-refractivity contribution < 1.29 is 14.0 Å². The van der Waals surface area contributed by atoms with Crippen molar-refractivity contribution in [1.29, 1.82) is 0 Å². The van der Waals surface area contributed by atoms with Crippen molar-refractivity contribution in [3.05, 3.63) is 58.3 Å². The smallest absolute Gasteiger partial charge is 0.261 e. The molecule has 1 aliphatic rings. The van der Waals surface area contributed by atoms with Crippen LogP contribution >= 0.6 is 15.9 Å². The summed E-state index contributed by atoms with van der Waals surface area (Å²) in [4.78, 5) is 4.59. The molecule has 1 aromatic heterocycles. The van der Waals surface area contributed by atoms with E-state index >= 15 is 0 Å². The lowest BCUT2D eigenvalue weighted by Crippen LogP contribution is -2.34. The highest BCUT2D eigenvalue weighted by Crippen LogP contribution is 2.33. The summed E-state index contributed by atoms with van der Waals surface area (Å²) in [6.07, 6.45) is 2.73. The van der Waals surface area contributed by atoms with Crippen LogP contribution in [0.15, 0.2) is 51.5 Å². The molecule has 0 radical (unpaired) electrons. The van der Waals surface area contributed by atoms with Crippen LogP contribution in [0.4, 0.5) is 0 Å². The first-order chi connectivity index (χ1) is 13.7. The fourth-order valence-corrected chi connectivity index (χ4v) is 3.60. The van der Waals surface area contributed by atoms with Crippen molar-refractivity contribution in [2.24, 2.45) is 0 Å². The number of nitrogens with zero attached hydrogens (tertiary/aromatic N) is 2. The molecule has 4 rings (SSSR count). The maximum atomic E-state index is 6.27. The van der Waals surface area contributed by atoms with Gasteiger partial charge in [-0.05, 0) is 61.8 Å². The molecule has 7 heteroatoms. The van der Waals surface area contributed by atoms with Gasteiger partial charge in [0.25, 0.3) is 5.89 Å². The van der Waals surface area contributed by atoms with Gasteiger partial charge in [0.05, 0.1) is 12.7 Å². The Balaban J connectivity index is 1.55. The Morgan fingerprint density at radius 3 is 2.86 bits per heavy atom. The summed E-state index contributed by atoms with van der Waals surface area (Å²) >= 11 is 3.53. The molecule has 1 saturated heterocycles. The SMILES string of the molecule is COc1cccc(Cc2noc(-c3ccc(Br)cc3OC3CCNCC3)n2)c1. The number of rotatable bonds is 6. The zero-order valence-corrected chi connectivity index (χ0v) is 17.2. The van der Waals surface area contributed by atoms with E-state index in [1.54, 1.807) is 7.11 Å². The average Bonchev–Trinajstić information content (AvgIpc) is 3.17. The molecule has 0 spiro atoms. The van der Waals surface area contributed by atoms with Crippen molar-refractivity contribution in [2.45, 2.75) is 25.4 Å². The second kappa shape index (κ2) is 8.75. The lowest BCUT2D eigenvalue weighted by Gasteiger charge is -2.24. The van der Waals surface area contributed by atoms with Gasteiger partial charge in [-0.2, -0.15) is 4.98 Å². The van der Waals surface area contributed by atoms with Crippen molar-refractivity contribution >= 4 is 15.9 Å². The van der Waals surface area contributed by atoms with Gasteiger partial charge < -0.3 is 19.3 Å². The number of piperidine rings is 1. The minimum Gasteiger partial charge on any atom is -0.497 e.